The van der Waals surface area contributed by atoms with Crippen molar-refractivity contribution in [3.63, 3.8) is 0 Å². The molecular weight excluding hydrogens is 260 g/mol. The van der Waals surface area contributed by atoms with Gasteiger partial charge in [-0.1, -0.05) is 68.2 Å². The number of hydrogen-bond donors (Lipinski definition) is 0. The second kappa shape index (κ2) is 42.7. The highest BCUT2D eigenvalue weighted by molar-refractivity contribution is 4.45. The highest BCUT2D eigenvalue weighted by atomic mass is 16.5. The van der Waals surface area contributed by atoms with E-state index in [2.05, 4.69) is 27.7 Å². The minimum atomic E-state index is 1.00. The molecule has 0 saturated carbocycles. The molecular formula is C19H46O2. The van der Waals surface area contributed by atoms with Crippen molar-refractivity contribution in [2.45, 2.75) is 100 Å². The first-order valence-electron chi connectivity index (χ1n) is 9.48. The molecule has 0 spiro atoms. The van der Waals surface area contributed by atoms with Crippen LogP contribution in [0, 0.1) is 0 Å². The van der Waals surface area contributed by atoms with E-state index in [0.29, 0.717) is 0 Å². The average Bonchev–Trinajstić information content (AvgIpc) is 3.14. The summed E-state index contributed by atoms with van der Waals surface area (Å²) in [6.07, 6.45) is 8.99. The monoisotopic (exact) mass is 306 g/mol. The van der Waals surface area contributed by atoms with Crippen molar-refractivity contribution in [3.05, 3.63) is 0 Å². The normalized spacial score (nSPS) is 14.9. The summed E-state index contributed by atoms with van der Waals surface area (Å²) in [5, 5.41) is 0. The first kappa shape index (κ1) is 29.0. The van der Waals surface area contributed by atoms with Crippen LogP contribution in [-0.2, 0) is 9.47 Å². The van der Waals surface area contributed by atoms with Crippen LogP contribution in [0.15, 0.2) is 0 Å². The molecule has 2 fully saturated rings. The molecule has 2 saturated heterocycles. The first-order chi connectivity index (χ1) is 10.3. The van der Waals surface area contributed by atoms with Crippen molar-refractivity contribution in [2.75, 3.05) is 26.4 Å². The molecule has 0 bridgehead atoms. The third-order valence-corrected chi connectivity index (χ3v) is 1.90. The Bertz CT molecular complexity index is 76.6. The van der Waals surface area contributed by atoms with Gasteiger partial charge in [0.25, 0.3) is 0 Å². The Morgan fingerprint density at radius 3 is 0.762 bits per heavy atom. The van der Waals surface area contributed by atoms with Gasteiger partial charge in [0.05, 0.1) is 0 Å². The van der Waals surface area contributed by atoms with Gasteiger partial charge in [0.2, 0.25) is 0 Å². The zero-order valence-electron chi connectivity index (χ0n) is 16.6. The van der Waals surface area contributed by atoms with E-state index >= 15 is 0 Å². The highest BCUT2D eigenvalue weighted by Crippen LogP contribution is 2.02. The Kier molecular flexibility index (Phi) is 59.0. The summed E-state index contributed by atoms with van der Waals surface area (Å²) in [5.74, 6) is 0. The Morgan fingerprint density at radius 2 is 0.667 bits per heavy atom. The smallest absolute Gasteiger partial charge is 0.0466 e. The second-order valence-electron chi connectivity index (χ2n) is 4.41. The van der Waals surface area contributed by atoms with Gasteiger partial charge >= 0.3 is 0 Å². The maximum atomic E-state index is 5.07. The van der Waals surface area contributed by atoms with Crippen LogP contribution in [0.1, 0.15) is 100 Å². The third kappa shape index (κ3) is 53.6. The highest BCUT2D eigenvalue weighted by Gasteiger charge is 1.95. The molecule has 2 nitrogen and oxygen atoms in total. The third-order valence-electron chi connectivity index (χ3n) is 1.90. The zero-order chi connectivity index (χ0) is 17.2. The maximum absolute atomic E-state index is 5.07. The molecule has 0 aliphatic carbocycles. The van der Waals surface area contributed by atoms with E-state index in [0.717, 1.165) is 26.4 Å². The van der Waals surface area contributed by atoms with Crippen LogP contribution in [0.25, 0.3) is 0 Å². The van der Waals surface area contributed by atoms with Crippen molar-refractivity contribution in [1.82, 2.24) is 0 Å². The topological polar surface area (TPSA) is 18.5 Å². The molecule has 2 heteroatoms. The average molecular weight is 307 g/mol. The SMILES string of the molecule is C1CCOC1.C1CCOCC1.CC.CC.CCC.CCC. The predicted molar refractivity (Wildman–Crippen MR) is 99.3 cm³/mol. The molecule has 2 aliphatic heterocycles. The molecule has 0 unspecified atom stereocenters. The van der Waals surface area contributed by atoms with E-state index in [9.17, 15) is 0 Å². The summed E-state index contributed by atoms with van der Waals surface area (Å²) in [6.45, 7) is 20.5. The molecule has 0 amide bonds. The molecule has 0 N–H and O–H groups in total. The molecule has 0 aromatic rings. The fourth-order valence-electron chi connectivity index (χ4n) is 1.20. The van der Waals surface area contributed by atoms with E-state index in [1.54, 1.807) is 0 Å². The Morgan fingerprint density at radius 1 is 0.476 bits per heavy atom. The van der Waals surface area contributed by atoms with Crippen LogP contribution in [-0.4, -0.2) is 26.4 Å². The van der Waals surface area contributed by atoms with E-state index in [1.165, 1.54) is 44.9 Å². The summed E-state index contributed by atoms with van der Waals surface area (Å²) < 4.78 is 10.0. The van der Waals surface area contributed by atoms with E-state index < -0.39 is 0 Å². The van der Waals surface area contributed by atoms with Gasteiger partial charge < -0.3 is 9.47 Å². The van der Waals surface area contributed by atoms with Crippen molar-refractivity contribution >= 4 is 0 Å². The summed E-state index contributed by atoms with van der Waals surface area (Å²) in [6, 6.07) is 0. The van der Waals surface area contributed by atoms with Gasteiger partial charge in [-0.15, -0.1) is 0 Å². The number of rotatable bonds is 0. The summed E-state index contributed by atoms with van der Waals surface area (Å²) in [4.78, 5) is 0. The minimum absolute atomic E-state index is 1.00. The molecule has 0 atom stereocenters. The van der Waals surface area contributed by atoms with Crippen LogP contribution in [0.2, 0.25) is 0 Å². The molecule has 2 rings (SSSR count). The fourth-order valence-corrected chi connectivity index (χ4v) is 1.20. The van der Waals surface area contributed by atoms with Gasteiger partial charge in [0.15, 0.2) is 0 Å². The largest absolute Gasteiger partial charge is 0.381 e. The van der Waals surface area contributed by atoms with Crippen LogP contribution >= 0.6 is 0 Å². The van der Waals surface area contributed by atoms with Crippen molar-refractivity contribution in [3.8, 4) is 0 Å². The standard InChI is InChI=1S/C5H10O.C4H8O.2C3H8.2C2H6/c1-2-4-6-5-3-1;1-2-4-5-3-1;2*1-3-2;2*1-2/h1-5H2;1-4H2;2*3H2,1-2H3;2*1-2H3. The van der Waals surface area contributed by atoms with Gasteiger partial charge in [-0.05, 0) is 32.1 Å². The zero-order valence-corrected chi connectivity index (χ0v) is 16.6. The lowest BCUT2D eigenvalue weighted by Crippen LogP contribution is -2.03. The molecule has 21 heavy (non-hydrogen) atoms. The lowest BCUT2D eigenvalue weighted by Gasteiger charge is -2.08. The molecule has 0 radical (unpaired) electrons. The lowest BCUT2D eigenvalue weighted by atomic mass is 10.2. The Balaban J connectivity index is -0.0000000884. The quantitative estimate of drug-likeness (QED) is 0.486. The van der Waals surface area contributed by atoms with Gasteiger partial charge in [-0.3, -0.25) is 0 Å². The van der Waals surface area contributed by atoms with Crippen LogP contribution in [0.5, 0.6) is 0 Å². The molecule has 0 aromatic heterocycles. The first-order valence-corrected chi connectivity index (χ1v) is 9.48. The molecule has 134 valence electrons. The van der Waals surface area contributed by atoms with E-state index in [-0.39, 0.29) is 0 Å². The van der Waals surface area contributed by atoms with Gasteiger partial charge in [-0.25, -0.2) is 0 Å². The molecule has 0 aromatic carbocycles. The second-order valence-corrected chi connectivity index (χ2v) is 4.41. The van der Waals surface area contributed by atoms with Crippen LogP contribution in [0.4, 0.5) is 0 Å². The number of ether oxygens (including phenoxy) is 2. The fraction of sp³-hybridized carbons (Fsp3) is 1.00. The lowest BCUT2D eigenvalue weighted by molar-refractivity contribution is 0.0968. The Hall–Kier alpha value is -0.0800. The minimum Gasteiger partial charge on any atom is -0.381 e. The van der Waals surface area contributed by atoms with Gasteiger partial charge in [0, 0.05) is 26.4 Å². The summed E-state index contributed by atoms with van der Waals surface area (Å²) in [5.41, 5.74) is 0. The Labute approximate surface area is 137 Å². The molecule has 2 heterocycles. The van der Waals surface area contributed by atoms with E-state index in [1.807, 2.05) is 27.7 Å². The van der Waals surface area contributed by atoms with Crippen LogP contribution in [0.3, 0.4) is 0 Å². The maximum Gasteiger partial charge on any atom is 0.0466 e. The van der Waals surface area contributed by atoms with Crippen molar-refractivity contribution in [2.24, 2.45) is 0 Å². The van der Waals surface area contributed by atoms with Crippen molar-refractivity contribution < 1.29 is 9.47 Å². The van der Waals surface area contributed by atoms with Crippen LogP contribution < -0.4 is 0 Å². The van der Waals surface area contributed by atoms with Gasteiger partial charge in [0.1, 0.15) is 0 Å². The predicted octanol–water partition coefficient (Wildman–Crippen LogP) is 6.87. The summed E-state index contributed by atoms with van der Waals surface area (Å²) in [7, 11) is 0. The summed E-state index contributed by atoms with van der Waals surface area (Å²) >= 11 is 0. The number of hydrogen-bond acceptors (Lipinski definition) is 2. The van der Waals surface area contributed by atoms with Crippen molar-refractivity contribution in [1.29, 1.82) is 0 Å². The molecule has 2 aliphatic rings. The van der Waals surface area contributed by atoms with Gasteiger partial charge in [-0.2, -0.15) is 0 Å². The van der Waals surface area contributed by atoms with E-state index in [4.69, 9.17) is 9.47 Å².